The minimum atomic E-state index is -0.466. The number of hydrogen-bond acceptors (Lipinski definition) is 3. The molecule has 0 bridgehead atoms. The fourth-order valence-electron chi connectivity index (χ4n) is 2.79. The van der Waals surface area contributed by atoms with Crippen LogP contribution in [0.5, 0.6) is 0 Å². The van der Waals surface area contributed by atoms with Gasteiger partial charge in [0, 0.05) is 22.3 Å². The number of benzene rings is 1. The van der Waals surface area contributed by atoms with Crippen molar-refractivity contribution in [3.05, 3.63) is 55.7 Å². The number of anilines is 2. The Morgan fingerprint density at radius 3 is 2.86 bits per heavy atom. The molecule has 2 aromatic rings. The van der Waals surface area contributed by atoms with Crippen LogP contribution in [-0.4, -0.2) is 10.9 Å². The van der Waals surface area contributed by atoms with Gasteiger partial charge in [0.05, 0.1) is 16.9 Å². The monoisotopic (exact) mass is 363 g/mol. The highest BCUT2D eigenvalue weighted by Gasteiger charge is 2.23. The van der Waals surface area contributed by atoms with Gasteiger partial charge in [-0.1, -0.05) is 15.9 Å². The van der Waals surface area contributed by atoms with Crippen LogP contribution < -0.4 is 10.9 Å². The normalized spacial score (nSPS) is 13.0. The van der Waals surface area contributed by atoms with E-state index in [4.69, 9.17) is 0 Å². The summed E-state index contributed by atoms with van der Waals surface area (Å²) in [5.74, 6) is -0.466. The number of nitrogens with zero attached hydrogens (tertiary/aromatic N) is 1. The summed E-state index contributed by atoms with van der Waals surface area (Å²) in [6, 6.07) is 4.56. The van der Waals surface area contributed by atoms with Crippen LogP contribution in [0.25, 0.3) is 0 Å². The maximum atomic E-state index is 14.0. The van der Waals surface area contributed by atoms with Gasteiger partial charge in [-0.15, -0.1) is 0 Å². The van der Waals surface area contributed by atoms with E-state index >= 15 is 0 Å². The van der Waals surface area contributed by atoms with Gasteiger partial charge in [0.1, 0.15) is 5.82 Å². The molecule has 3 rings (SSSR count). The van der Waals surface area contributed by atoms with Crippen molar-refractivity contribution in [3.63, 3.8) is 0 Å². The smallest absolute Gasteiger partial charge is 0.255 e. The van der Waals surface area contributed by atoms with Crippen molar-refractivity contribution in [2.75, 3.05) is 5.32 Å². The molecule has 0 fully saturated rings. The lowest BCUT2D eigenvalue weighted by atomic mass is 10.1. The number of hydrogen-bond donors (Lipinski definition) is 1. The Bertz CT molecular complexity index is 830. The summed E-state index contributed by atoms with van der Waals surface area (Å²) in [5, 5.41) is 2.89. The first-order valence-corrected chi connectivity index (χ1v) is 7.68. The lowest BCUT2D eigenvalue weighted by molar-refractivity contribution is 0.562. The standard InChI is InChI=1S/C16H13BrFN2O2/c1-9-15(19-13-5-4-10(17)7-12(13)18)11(8-21)14-3-2-6-20(14)16(9)22/h4-5,7,19H,2-3,6H2,1H3. The highest BCUT2D eigenvalue weighted by atomic mass is 79.9. The van der Waals surface area contributed by atoms with Crippen molar-refractivity contribution in [2.24, 2.45) is 0 Å². The van der Waals surface area contributed by atoms with Crippen LogP contribution in [0.3, 0.4) is 0 Å². The Morgan fingerprint density at radius 1 is 1.41 bits per heavy atom. The largest absolute Gasteiger partial charge is 0.352 e. The zero-order chi connectivity index (χ0) is 15.9. The lowest BCUT2D eigenvalue weighted by Gasteiger charge is -2.16. The van der Waals surface area contributed by atoms with Crippen molar-refractivity contribution in [2.45, 2.75) is 26.3 Å². The summed E-state index contributed by atoms with van der Waals surface area (Å²) in [7, 11) is 0. The van der Waals surface area contributed by atoms with Crippen molar-refractivity contribution >= 4 is 33.6 Å². The summed E-state index contributed by atoms with van der Waals surface area (Å²) in [5.41, 5.74) is 1.79. The van der Waals surface area contributed by atoms with Crippen molar-refractivity contribution in [3.8, 4) is 0 Å². The molecule has 1 aromatic heterocycles. The molecule has 0 spiro atoms. The second-order valence-corrected chi connectivity index (χ2v) is 6.15. The molecule has 22 heavy (non-hydrogen) atoms. The number of aromatic nitrogens is 1. The maximum Gasteiger partial charge on any atom is 0.255 e. The molecule has 0 amide bonds. The highest BCUT2D eigenvalue weighted by molar-refractivity contribution is 9.10. The molecule has 2 heterocycles. The Labute approximate surface area is 135 Å². The summed E-state index contributed by atoms with van der Waals surface area (Å²) >= 11 is 3.19. The van der Waals surface area contributed by atoms with Gasteiger partial charge >= 0.3 is 0 Å². The molecule has 1 aliphatic rings. The second kappa shape index (κ2) is 5.68. The molecule has 1 aliphatic heterocycles. The molecule has 4 nitrogen and oxygen atoms in total. The molecule has 1 N–H and O–H groups in total. The first-order valence-electron chi connectivity index (χ1n) is 6.89. The third-order valence-corrected chi connectivity index (χ3v) is 4.39. The molecule has 0 aliphatic carbocycles. The van der Waals surface area contributed by atoms with Gasteiger partial charge in [0.2, 0.25) is 6.29 Å². The first kappa shape index (κ1) is 15.0. The average Bonchev–Trinajstić information content (AvgIpc) is 2.96. The molecule has 6 heteroatoms. The van der Waals surface area contributed by atoms with Gasteiger partial charge < -0.3 is 9.88 Å². The molecule has 0 atom stereocenters. The molecular weight excluding hydrogens is 351 g/mol. The summed E-state index contributed by atoms with van der Waals surface area (Å²) < 4.78 is 16.2. The predicted octanol–water partition coefficient (Wildman–Crippen LogP) is 3.21. The summed E-state index contributed by atoms with van der Waals surface area (Å²) in [6.45, 7) is 2.24. The number of halogens is 2. The van der Waals surface area contributed by atoms with Crippen LogP contribution in [-0.2, 0) is 17.8 Å². The fourth-order valence-corrected chi connectivity index (χ4v) is 3.12. The number of carbonyl (C=O) groups excluding carboxylic acids is 1. The van der Waals surface area contributed by atoms with Crippen LogP contribution in [0.2, 0.25) is 0 Å². The zero-order valence-corrected chi connectivity index (χ0v) is 13.5. The van der Waals surface area contributed by atoms with Crippen LogP contribution in [0.4, 0.5) is 15.8 Å². The third kappa shape index (κ3) is 2.37. The van der Waals surface area contributed by atoms with E-state index in [1.165, 1.54) is 6.07 Å². The number of rotatable bonds is 3. The van der Waals surface area contributed by atoms with Crippen molar-refractivity contribution in [1.82, 2.24) is 4.57 Å². The minimum absolute atomic E-state index is 0.147. The third-order valence-electron chi connectivity index (χ3n) is 3.89. The van der Waals surface area contributed by atoms with Gasteiger partial charge in [0.15, 0.2) is 0 Å². The molecule has 1 radical (unpaired) electrons. The Kier molecular flexibility index (Phi) is 3.87. The Balaban J connectivity index is 2.17. The molecule has 113 valence electrons. The van der Waals surface area contributed by atoms with Crippen molar-refractivity contribution < 1.29 is 9.18 Å². The molecule has 0 unspecified atom stereocenters. The summed E-state index contributed by atoms with van der Waals surface area (Å²) in [4.78, 5) is 23.8. The SMILES string of the molecule is Cc1c(Nc2ccc(Br)cc2F)c([C]=O)c2n(c1=O)CCC2. The minimum Gasteiger partial charge on any atom is -0.352 e. The number of fused-ring (bicyclic) bond motifs is 1. The average molecular weight is 364 g/mol. The van der Waals surface area contributed by atoms with Crippen LogP contribution >= 0.6 is 15.9 Å². The predicted molar refractivity (Wildman–Crippen MR) is 85.9 cm³/mol. The Morgan fingerprint density at radius 2 is 2.18 bits per heavy atom. The highest BCUT2D eigenvalue weighted by Crippen LogP contribution is 2.29. The van der Waals surface area contributed by atoms with E-state index in [1.807, 2.05) is 6.29 Å². The van der Waals surface area contributed by atoms with E-state index < -0.39 is 5.82 Å². The van der Waals surface area contributed by atoms with Gasteiger partial charge in [-0.05, 0) is 38.0 Å². The molecule has 1 aromatic carbocycles. The number of pyridine rings is 1. The second-order valence-electron chi connectivity index (χ2n) is 5.23. The van der Waals surface area contributed by atoms with Crippen molar-refractivity contribution in [1.29, 1.82) is 0 Å². The van der Waals surface area contributed by atoms with E-state index in [1.54, 1.807) is 23.6 Å². The zero-order valence-electron chi connectivity index (χ0n) is 11.9. The molecule has 0 saturated carbocycles. The topological polar surface area (TPSA) is 51.1 Å². The Hall–Kier alpha value is -1.95. The van der Waals surface area contributed by atoms with Crippen LogP contribution in [0, 0.1) is 12.7 Å². The van der Waals surface area contributed by atoms with E-state index in [2.05, 4.69) is 21.2 Å². The van der Waals surface area contributed by atoms with Gasteiger partial charge in [-0.3, -0.25) is 9.59 Å². The van der Waals surface area contributed by atoms with Crippen LogP contribution in [0.1, 0.15) is 23.2 Å². The van der Waals surface area contributed by atoms with E-state index in [0.717, 1.165) is 6.42 Å². The molecule has 0 saturated heterocycles. The van der Waals surface area contributed by atoms with E-state index in [9.17, 15) is 14.0 Å². The quantitative estimate of drug-likeness (QED) is 0.910. The number of nitrogens with one attached hydrogen (secondary N) is 1. The van der Waals surface area contributed by atoms with Gasteiger partial charge in [-0.2, -0.15) is 0 Å². The van der Waals surface area contributed by atoms with Crippen LogP contribution in [0.15, 0.2) is 27.5 Å². The van der Waals surface area contributed by atoms with Gasteiger partial charge in [-0.25, -0.2) is 4.39 Å². The summed E-state index contributed by atoms with van der Waals surface area (Å²) in [6.07, 6.45) is 3.38. The first-order chi connectivity index (χ1) is 10.5. The van der Waals surface area contributed by atoms with E-state index in [0.29, 0.717) is 39.9 Å². The lowest BCUT2D eigenvalue weighted by Crippen LogP contribution is -2.25. The fraction of sp³-hybridized carbons (Fsp3) is 0.250. The molecular formula is C16H13BrFN2O2. The van der Waals surface area contributed by atoms with Gasteiger partial charge in [0.25, 0.3) is 5.56 Å². The van der Waals surface area contributed by atoms with E-state index in [-0.39, 0.29) is 11.2 Å². The maximum absolute atomic E-state index is 14.0.